The molecule has 0 N–H and O–H groups in total. The first-order valence-electron chi connectivity index (χ1n) is 5.21. The van der Waals surface area contributed by atoms with Crippen molar-refractivity contribution in [3.8, 4) is 5.75 Å². The molecule has 0 amide bonds. The number of hydrogen-bond acceptors (Lipinski definition) is 2. The summed E-state index contributed by atoms with van der Waals surface area (Å²) in [6.07, 6.45) is 1.31. The zero-order valence-electron chi connectivity index (χ0n) is 9.24. The molecule has 0 saturated heterocycles. The van der Waals surface area contributed by atoms with Gasteiger partial charge >= 0.3 is 0 Å². The fraction of sp³-hybridized carbons (Fsp3) is 0.500. The monoisotopic (exact) mass is 348 g/mol. The van der Waals surface area contributed by atoms with Gasteiger partial charge in [0.2, 0.25) is 0 Å². The number of hydrogen-bond donors (Lipinski definition) is 0. The first-order chi connectivity index (χ1) is 7.61. The predicted octanol–water partition coefficient (Wildman–Crippen LogP) is 3.69. The minimum atomic E-state index is 0.156. The van der Waals surface area contributed by atoms with Gasteiger partial charge in [-0.2, -0.15) is 0 Å². The zero-order valence-corrected chi connectivity index (χ0v) is 12.4. The Morgan fingerprint density at radius 1 is 1.38 bits per heavy atom. The molecule has 0 aliphatic heterocycles. The van der Waals surface area contributed by atoms with E-state index in [1.165, 1.54) is 5.56 Å². The van der Waals surface area contributed by atoms with Crippen LogP contribution in [0.4, 0.5) is 0 Å². The van der Waals surface area contributed by atoms with E-state index >= 15 is 0 Å². The zero-order chi connectivity index (χ0) is 11.7. The van der Waals surface area contributed by atoms with Crippen molar-refractivity contribution in [2.24, 2.45) is 0 Å². The van der Waals surface area contributed by atoms with Gasteiger partial charge in [-0.3, -0.25) is 0 Å². The number of aryl methyl sites for hydroxylation is 1. The quantitative estimate of drug-likeness (QED) is 0.775. The van der Waals surface area contributed by atoms with E-state index in [1.54, 1.807) is 7.11 Å². The van der Waals surface area contributed by atoms with E-state index < -0.39 is 0 Å². The largest absolute Gasteiger partial charge is 0.488 e. The second-order valence-corrected chi connectivity index (χ2v) is 6.05. The molecule has 1 aromatic rings. The van der Waals surface area contributed by atoms with Crippen molar-refractivity contribution in [2.45, 2.75) is 30.4 Å². The third-order valence-corrected chi connectivity index (χ3v) is 4.65. The molecule has 1 saturated carbocycles. The van der Waals surface area contributed by atoms with Crippen molar-refractivity contribution in [1.82, 2.24) is 0 Å². The molecule has 2 nitrogen and oxygen atoms in total. The summed E-state index contributed by atoms with van der Waals surface area (Å²) in [4.78, 5) is 0.416. The molecule has 1 fully saturated rings. The minimum Gasteiger partial charge on any atom is -0.488 e. The molecule has 0 heterocycles. The molecular weight excluding hydrogens is 336 g/mol. The van der Waals surface area contributed by atoms with E-state index in [9.17, 15) is 0 Å². The first-order valence-corrected chi connectivity index (χ1v) is 6.92. The lowest BCUT2D eigenvalue weighted by Crippen LogP contribution is -2.51. The average molecular weight is 350 g/mol. The third kappa shape index (κ3) is 2.44. The average Bonchev–Trinajstić information content (AvgIpc) is 2.23. The smallest absolute Gasteiger partial charge is 0.127 e. The van der Waals surface area contributed by atoms with Gasteiger partial charge in [0, 0.05) is 22.8 Å². The Kier molecular flexibility index (Phi) is 3.93. The summed E-state index contributed by atoms with van der Waals surface area (Å²) in [5.74, 6) is 0.909. The number of ether oxygens (including phenoxy) is 2. The van der Waals surface area contributed by atoms with E-state index in [-0.39, 0.29) is 12.2 Å². The van der Waals surface area contributed by atoms with Crippen molar-refractivity contribution >= 4 is 31.9 Å². The van der Waals surface area contributed by atoms with E-state index in [0.717, 1.165) is 16.6 Å². The number of benzene rings is 1. The van der Waals surface area contributed by atoms with Gasteiger partial charge in [0.05, 0.1) is 0 Å². The molecule has 0 spiro atoms. The molecule has 1 aliphatic rings. The Balaban J connectivity index is 2.02. The van der Waals surface area contributed by atoms with E-state index in [4.69, 9.17) is 9.47 Å². The number of alkyl halides is 1. The molecule has 0 aromatic heterocycles. The van der Waals surface area contributed by atoms with E-state index in [2.05, 4.69) is 38.8 Å². The Labute approximate surface area is 113 Å². The van der Waals surface area contributed by atoms with E-state index in [1.807, 2.05) is 18.2 Å². The lowest BCUT2D eigenvalue weighted by atomic mass is 9.91. The van der Waals surface area contributed by atoms with Gasteiger partial charge < -0.3 is 9.47 Å². The first kappa shape index (κ1) is 12.4. The van der Waals surface area contributed by atoms with Gasteiger partial charge in [-0.15, -0.1) is 0 Å². The number of methoxy groups -OCH3 is 1. The summed E-state index contributed by atoms with van der Waals surface area (Å²) in [6.45, 7) is 2.05. The van der Waals surface area contributed by atoms with Crippen LogP contribution in [0.2, 0.25) is 0 Å². The predicted molar refractivity (Wildman–Crippen MR) is 71.4 cm³/mol. The maximum atomic E-state index is 5.88. The molecule has 3 atom stereocenters. The normalized spacial score (nSPS) is 28.6. The molecule has 4 heteroatoms. The van der Waals surface area contributed by atoms with Crippen LogP contribution in [0.5, 0.6) is 5.75 Å². The topological polar surface area (TPSA) is 18.5 Å². The van der Waals surface area contributed by atoms with Crippen molar-refractivity contribution in [3.63, 3.8) is 0 Å². The molecule has 0 radical (unpaired) electrons. The number of halogens is 2. The highest BCUT2D eigenvalue weighted by Gasteiger charge is 2.41. The van der Waals surface area contributed by atoms with Crippen LogP contribution in [0.1, 0.15) is 12.0 Å². The van der Waals surface area contributed by atoms with Crippen LogP contribution in [0.3, 0.4) is 0 Å². The fourth-order valence-electron chi connectivity index (χ4n) is 1.81. The molecule has 3 unspecified atom stereocenters. The fourth-order valence-corrected chi connectivity index (χ4v) is 2.98. The summed E-state index contributed by atoms with van der Waals surface area (Å²) < 4.78 is 12.3. The molecule has 16 heavy (non-hydrogen) atoms. The van der Waals surface area contributed by atoms with Crippen LogP contribution in [0, 0.1) is 6.92 Å². The van der Waals surface area contributed by atoms with Crippen LogP contribution < -0.4 is 4.74 Å². The molecular formula is C12H14Br2O2. The maximum absolute atomic E-state index is 5.88. The highest BCUT2D eigenvalue weighted by atomic mass is 79.9. The lowest BCUT2D eigenvalue weighted by molar-refractivity contribution is -0.0545. The molecule has 1 aromatic carbocycles. The third-order valence-electron chi connectivity index (χ3n) is 2.87. The lowest BCUT2D eigenvalue weighted by Gasteiger charge is -2.40. The Morgan fingerprint density at radius 2 is 2.12 bits per heavy atom. The van der Waals surface area contributed by atoms with E-state index in [0.29, 0.717) is 4.83 Å². The molecule has 2 rings (SSSR count). The van der Waals surface area contributed by atoms with Crippen molar-refractivity contribution in [2.75, 3.05) is 7.11 Å². The highest BCUT2D eigenvalue weighted by Crippen LogP contribution is 2.34. The standard InChI is InChI=1S/C12H14Br2O2/c1-7-5-8(3-4-9(7)13)16-11-6-10(14)12(11)15-2/h3-5,10-12H,6H2,1-2H3. The van der Waals surface area contributed by atoms with Crippen LogP contribution in [0.15, 0.2) is 22.7 Å². The van der Waals surface area contributed by atoms with Gasteiger partial charge in [-0.25, -0.2) is 0 Å². The van der Waals surface area contributed by atoms with Gasteiger partial charge in [-0.1, -0.05) is 31.9 Å². The summed E-state index contributed by atoms with van der Waals surface area (Å²) in [5, 5.41) is 0. The Bertz CT molecular complexity index is 381. The van der Waals surface area contributed by atoms with Gasteiger partial charge in [-0.05, 0) is 30.7 Å². The van der Waals surface area contributed by atoms with Crippen LogP contribution >= 0.6 is 31.9 Å². The molecule has 88 valence electrons. The summed E-state index contributed by atoms with van der Waals surface area (Å²) in [6, 6.07) is 6.03. The second-order valence-electron chi connectivity index (χ2n) is 4.02. The summed E-state index contributed by atoms with van der Waals surface area (Å²) >= 11 is 7.03. The van der Waals surface area contributed by atoms with Crippen molar-refractivity contribution in [1.29, 1.82) is 0 Å². The number of rotatable bonds is 3. The molecule has 1 aliphatic carbocycles. The maximum Gasteiger partial charge on any atom is 0.127 e. The SMILES string of the molecule is COC1C(Br)CC1Oc1ccc(Br)c(C)c1. The second kappa shape index (κ2) is 5.07. The van der Waals surface area contributed by atoms with Crippen molar-refractivity contribution < 1.29 is 9.47 Å². The Hall–Kier alpha value is -0.0600. The van der Waals surface area contributed by atoms with Gasteiger partial charge in [0.25, 0.3) is 0 Å². The summed E-state index contributed by atoms with van der Waals surface area (Å²) in [7, 11) is 1.72. The van der Waals surface area contributed by atoms with Crippen LogP contribution in [-0.2, 0) is 4.74 Å². The highest BCUT2D eigenvalue weighted by molar-refractivity contribution is 9.10. The van der Waals surface area contributed by atoms with Crippen LogP contribution in [-0.4, -0.2) is 24.1 Å². The minimum absolute atomic E-state index is 0.156. The Morgan fingerprint density at radius 3 is 2.69 bits per heavy atom. The van der Waals surface area contributed by atoms with Gasteiger partial charge in [0.1, 0.15) is 18.0 Å². The molecule has 0 bridgehead atoms. The summed E-state index contributed by atoms with van der Waals surface area (Å²) in [5.41, 5.74) is 1.18. The van der Waals surface area contributed by atoms with Crippen molar-refractivity contribution in [3.05, 3.63) is 28.2 Å². The van der Waals surface area contributed by atoms with Crippen LogP contribution in [0.25, 0.3) is 0 Å². The van der Waals surface area contributed by atoms with Gasteiger partial charge in [0.15, 0.2) is 0 Å².